The summed E-state index contributed by atoms with van der Waals surface area (Å²) in [5, 5.41) is 3.96. The normalized spacial score (nSPS) is 16.7. The summed E-state index contributed by atoms with van der Waals surface area (Å²) < 4.78 is 21.3. The van der Waals surface area contributed by atoms with E-state index in [1.165, 1.54) is 0 Å². The second-order valence-electron chi connectivity index (χ2n) is 5.84. The SMILES string of the molecule is O=C(OCc1cc(-c2ccc3c(c2)OCO3)on1)C1CCCC1. The van der Waals surface area contributed by atoms with Crippen LogP contribution in [0.15, 0.2) is 28.8 Å². The first-order valence-electron chi connectivity index (χ1n) is 7.82. The van der Waals surface area contributed by atoms with Crippen molar-refractivity contribution >= 4 is 5.97 Å². The fourth-order valence-corrected chi connectivity index (χ4v) is 2.99. The van der Waals surface area contributed by atoms with E-state index in [1.54, 1.807) is 6.07 Å². The predicted octanol–water partition coefficient (Wildman–Crippen LogP) is 3.30. The molecule has 1 aliphatic carbocycles. The minimum atomic E-state index is -0.130. The van der Waals surface area contributed by atoms with Gasteiger partial charge in [-0.25, -0.2) is 0 Å². The molecule has 23 heavy (non-hydrogen) atoms. The maximum atomic E-state index is 11.9. The van der Waals surface area contributed by atoms with Crippen molar-refractivity contribution in [2.75, 3.05) is 6.79 Å². The molecule has 1 fully saturated rings. The van der Waals surface area contributed by atoms with E-state index < -0.39 is 0 Å². The van der Waals surface area contributed by atoms with Gasteiger partial charge in [0, 0.05) is 11.6 Å². The second kappa shape index (κ2) is 5.95. The molecular formula is C17H17NO5. The molecule has 0 unspecified atom stereocenters. The van der Waals surface area contributed by atoms with Crippen molar-refractivity contribution in [2.45, 2.75) is 32.3 Å². The molecule has 0 spiro atoms. The van der Waals surface area contributed by atoms with Crippen LogP contribution in [0, 0.1) is 5.92 Å². The number of carbonyl (C=O) groups excluding carboxylic acids is 1. The topological polar surface area (TPSA) is 70.8 Å². The van der Waals surface area contributed by atoms with E-state index in [1.807, 2.05) is 18.2 Å². The van der Waals surface area contributed by atoms with Gasteiger partial charge in [-0.3, -0.25) is 4.79 Å². The predicted molar refractivity (Wildman–Crippen MR) is 79.8 cm³/mol. The molecule has 4 rings (SSSR count). The zero-order chi connectivity index (χ0) is 15.6. The summed E-state index contributed by atoms with van der Waals surface area (Å²) in [5.41, 5.74) is 1.44. The highest BCUT2D eigenvalue weighted by Gasteiger charge is 2.24. The highest BCUT2D eigenvalue weighted by atomic mass is 16.7. The molecule has 1 aromatic heterocycles. The van der Waals surface area contributed by atoms with Crippen molar-refractivity contribution in [3.05, 3.63) is 30.0 Å². The molecule has 6 nitrogen and oxygen atoms in total. The van der Waals surface area contributed by atoms with Crippen molar-refractivity contribution in [1.29, 1.82) is 0 Å². The van der Waals surface area contributed by atoms with Gasteiger partial charge in [0.05, 0.1) is 5.92 Å². The Balaban J connectivity index is 1.41. The van der Waals surface area contributed by atoms with E-state index >= 15 is 0 Å². The Bertz CT molecular complexity index is 718. The van der Waals surface area contributed by atoms with Crippen molar-refractivity contribution < 1.29 is 23.5 Å². The number of hydrogen-bond donors (Lipinski definition) is 0. The highest BCUT2D eigenvalue weighted by molar-refractivity contribution is 5.72. The van der Waals surface area contributed by atoms with Crippen LogP contribution in [0.1, 0.15) is 31.4 Å². The quantitative estimate of drug-likeness (QED) is 0.806. The Morgan fingerprint density at radius 3 is 2.87 bits per heavy atom. The molecule has 2 aliphatic rings. The number of esters is 1. The van der Waals surface area contributed by atoms with Crippen LogP contribution < -0.4 is 9.47 Å². The number of benzene rings is 1. The smallest absolute Gasteiger partial charge is 0.309 e. The van der Waals surface area contributed by atoms with Gasteiger partial charge in [-0.1, -0.05) is 18.0 Å². The molecule has 0 N–H and O–H groups in total. The third kappa shape index (κ3) is 2.88. The highest BCUT2D eigenvalue weighted by Crippen LogP contribution is 2.36. The number of rotatable bonds is 4. The maximum Gasteiger partial charge on any atom is 0.309 e. The molecule has 1 aliphatic heterocycles. The van der Waals surface area contributed by atoms with Crippen LogP contribution >= 0.6 is 0 Å². The third-order valence-corrected chi connectivity index (χ3v) is 4.27. The van der Waals surface area contributed by atoms with Gasteiger partial charge in [0.25, 0.3) is 0 Å². The van der Waals surface area contributed by atoms with Crippen LogP contribution in [0.5, 0.6) is 11.5 Å². The minimum Gasteiger partial charge on any atom is -0.459 e. The van der Waals surface area contributed by atoms with E-state index in [-0.39, 0.29) is 25.3 Å². The summed E-state index contributed by atoms with van der Waals surface area (Å²) in [4.78, 5) is 11.9. The lowest BCUT2D eigenvalue weighted by Gasteiger charge is -2.07. The van der Waals surface area contributed by atoms with Crippen LogP contribution in [0.4, 0.5) is 0 Å². The van der Waals surface area contributed by atoms with E-state index in [0.29, 0.717) is 17.2 Å². The number of carbonyl (C=O) groups is 1. The maximum absolute atomic E-state index is 11.9. The molecule has 0 atom stereocenters. The number of hydrogen-bond acceptors (Lipinski definition) is 6. The Labute approximate surface area is 133 Å². The van der Waals surface area contributed by atoms with Crippen LogP contribution in [-0.4, -0.2) is 17.9 Å². The zero-order valence-electron chi connectivity index (χ0n) is 12.6. The molecule has 1 saturated carbocycles. The molecular weight excluding hydrogens is 298 g/mol. The average Bonchev–Trinajstić information content (AvgIpc) is 3.32. The van der Waals surface area contributed by atoms with E-state index in [9.17, 15) is 4.79 Å². The van der Waals surface area contributed by atoms with Crippen LogP contribution in [0.2, 0.25) is 0 Å². The first kappa shape index (κ1) is 14.1. The van der Waals surface area contributed by atoms with Gasteiger partial charge < -0.3 is 18.7 Å². The summed E-state index contributed by atoms with van der Waals surface area (Å²) in [6.07, 6.45) is 4.08. The minimum absolute atomic E-state index is 0.0511. The Morgan fingerprint density at radius 2 is 2.00 bits per heavy atom. The van der Waals surface area contributed by atoms with Crippen molar-refractivity contribution in [2.24, 2.45) is 5.92 Å². The van der Waals surface area contributed by atoms with E-state index in [4.69, 9.17) is 18.7 Å². The van der Waals surface area contributed by atoms with Gasteiger partial charge in [-0.15, -0.1) is 0 Å². The van der Waals surface area contributed by atoms with Gasteiger partial charge in [-0.2, -0.15) is 0 Å². The standard InChI is InChI=1S/C17H17NO5/c19-17(11-3-1-2-4-11)20-9-13-8-15(23-18-13)12-5-6-14-16(7-12)22-10-21-14/h5-8,11H,1-4,9-10H2. The largest absolute Gasteiger partial charge is 0.459 e. The Morgan fingerprint density at radius 1 is 1.17 bits per heavy atom. The van der Waals surface area contributed by atoms with Crippen LogP contribution in [0.3, 0.4) is 0 Å². The fraction of sp³-hybridized carbons (Fsp3) is 0.412. The fourth-order valence-electron chi connectivity index (χ4n) is 2.99. The number of nitrogens with zero attached hydrogens (tertiary/aromatic N) is 1. The second-order valence-corrected chi connectivity index (χ2v) is 5.84. The first-order chi connectivity index (χ1) is 11.3. The summed E-state index contributed by atoms with van der Waals surface area (Å²) in [6, 6.07) is 7.33. The lowest BCUT2D eigenvalue weighted by molar-refractivity contribution is -0.149. The molecule has 120 valence electrons. The lowest BCUT2D eigenvalue weighted by atomic mass is 10.1. The number of aromatic nitrogens is 1. The molecule has 1 aromatic carbocycles. The Kier molecular flexibility index (Phi) is 3.65. The van der Waals surface area contributed by atoms with Crippen molar-refractivity contribution in [3.63, 3.8) is 0 Å². The summed E-state index contributed by atoms with van der Waals surface area (Å²) >= 11 is 0. The molecule has 0 saturated heterocycles. The molecule has 0 radical (unpaired) electrons. The van der Waals surface area contributed by atoms with Gasteiger partial charge >= 0.3 is 5.97 Å². The first-order valence-corrected chi connectivity index (χ1v) is 7.82. The monoisotopic (exact) mass is 315 g/mol. The number of ether oxygens (including phenoxy) is 3. The van der Waals surface area contributed by atoms with E-state index in [2.05, 4.69) is 5.16 Å². The summed E-state index contributed by atoms with van der Waals surface area (Å²) in [6.45, 7) is 0.376. The molecule has 2 heterocycles. The van der Waals surface area contributed by atoms with Gasteiger partial charge in [-0.05, 0) is 31.0 Å². The van der Waals surface area contributed by atoms with Crippen molar-refractivity contribution in [1.82, 2.24) is 5.16 Å². The van der Waals surface area contributed by atoms with Gasteiger partial charge in [0.15, 0.2) is 17.3 Å². The van der Waals surface area contributed by atoms with Crippen LogP contribution in [0.25, 0.3) is 11.3 Å². The third-order valence-electron chi connectivity index (χ3n) is 4.27. The summed E-state index contributed by atoms with van der Waals surface area (Å²) in [7, 11) is 0. The van der Waals surface area contributed by atoms with Crippen molar-refractivity contribution in [3.8, 4) is 22.8 Å². The van der Waals surface area contributed by atoms with Crippen LogP contribution in [-0.2, 0) is 16.1 Å². The number of fused-ring (bicyclic) bond motifs is 1. The molecule has 2 aromatic rings. The van der Waals surface area contributed by atoms with Gasteiger partial charge in [0.1, 0.15) is 12.3 Å². The molecule has 0 amide bonds. The zero-order valence-corrected chi connectivity index (χ0v) is 12.6. The molecule has 6 heteroatoms. The average molecular weight is 315 g/mol. The Hall–Kier alpha value is -2.50. The lowest BCUT2D eigenvalue weighted by Crippen LogP contribution is -2.14. The van der Waals surface area contributed by atoms with E-state index in [0.717, 1.165) is 37.0 Å². The molecule has 0 bridgehead atoms. The van der Waals surface area contributed by atoms with Gasteiger partial charge in [0.2, 0.25) is 6.79 Å². The summed E-state index contributed by atoms with van der Waals surface area (Å²) in [5.74, 6) is 1.94.